The highest BCUT2D eigenvalue weighted by Gasteiger charge is 2.22. The summed E-state index contributed by atoms with van der Waals surface area (Å²) in [6, 6.07) is -0.623. The summed E-state index contributed by atoms with van der Waals surface area (Å²) in [5.41, 5.74) is 4.93. The molecule has 8 nitrogen and oxygen atoms in total. The first-order chi connectivity index (χ1) is 9.45. The summed E-state index contributed by atoms with van der Waals surface area (Å²) in [5.74, 6) is -0.883. The molecule has 9 heteroatoms. The van der Waals surface area contributed by atoms with Gasteiger partial charge in [0.05, 0.1) is 6.61 Å². The maximum Gasteiger partial charge on any atom is 0.358 e. The molecule has 1 aromatic rings. The van der Waals surface area contributed by atoms with E-state index >= 15 is 0 Å². The summed E-state index contributed by atoms with van der Waals surface area (Å²) < 4.78 is 4.84. The van der Waals surface area contributed by atoms with E-state index in [2.05, 4.69) is 15.6 Å². The molecule has 0 aliphatic carbocycles. The lowest BCUT2D eigenvalue weighted by molar-refractivity contribution is 0.0517. The third-order valence-electron chi connectivity index (χ3n) is 2.12. The highest BCUT2D eigenvalue weighted by molar-refractivity contribution is 7.17. The number of carbonyl (C=O) groups is 3. The fraction of sp³-hybridized carbons (Fsp3) is 0.455. The normalized spacial score (nSPS) is 9.90. The van der Waals surface area contributed by atoms with E-state index in [0.717, 1.165) is 11.3 Å². The van der Waals surface area contributed by atoms with Gasteiger partial charge in [0, 0.05) is 20.0 Å². The van der Waals surface area contributed by atoms with Gasteiger partial charge >= 0.3 is 12.0 Å². The van der Waals surface area contributed by atoms with Gasteiger partial charge in [-0.3, -0.25) is 4.79 Å². The minimum Gasteiger partial charge on any atom is -0.461 e. The first-order valence-electron chi connectivity index (χ1n) is 5.91. The summed E-state index contributed by atoms with van der Waals surface area (Å²) in [6.45, 7) is 3.91. The number of nitrogens with two attached hydrogens (primary N) is 1. The molecule has 0 bridgehead atoms. The van der Waals surface area contributed by atoms with E-state index in [4.69, 9.17) is 10.5 Å². The number of esters is 1. The molecule has 0 aromatic carbocycles. The number of Topliss-reactive ketones (excluding diaryl/α,β-unsaturated/α-hetero) is 1. The van der Waals surface area contributed by atoms with Crippen molar-refractivity contribution in [1.29, 1.82) is 0 Å². The smallest absolute Gasteiger partial charge is 0.358 e. The Hall–Kier alpha value is -2.16. The Morgan fingerprint density at radius 1 is 1.35 bits per heavy atom. The highest BCUT2D eigenvalue weighted by atomic mass is 32.1. The predicted molar refractivity (Wildman–Crippen MR) is 74.2 cm³/mol. The Morgan fingerprint density at radius 3 is 2.60 bits per heavy atom. The second-order valence-corrected chi connectivity index (χ2v) is 4.69. The van der Waals surface area contributed by atoms with E-state index in [0.29, 0.717) is 18.2 Å². The van der Waals surface area contributed by atoms with Crippen molar-refractivity contribution in [2.75, 3.05) is 25.0 Å². The molecule has 0 aliphatic rings. The number of urea groups is 1. The average molecular weight is 300 g/mol. The number of ketones is 1. The van der Waals surface area contributed by atoms with Crippen LogP contribution in [0.15, 0.2) is 0 Å². The van der Waals surface area contributed by atoms with Crippen LogP contribution in [0, 0.1) is 0 Å². The van der Waals surface area contributed by atoms with Gasteiger partial charge in [0.1, 0.15) is 4.88 Å². The Kier molecular flexibility index (Phi) is 5.91. The lowest BCUT2D eigenvalue weighted by Crippen LogP contribution is -2.33. The number of anilines is 1. The molecule has 1 rings (SSSR count). The highest BCUT2D eigenvalue weighted by Crippen LogP contribution is 2.24. The SMILES string of the molecule is CCOC(=O)c1nc(NCCNC(N)=O)sc1C(C)=O. The number of carbonyl (C=O) groups excluding carboxylic acids is 3. The van der Waals surface area contributed by atoms with Gasteiger partial charge in [-0.15, -0.1) is 0 Å². The average Bonchev–Trinajstić information content (AvgIpc) is 2.79. The molecule has 0 aliphatic heterocycles. The van der Waals surface area contributed by atoms with Crippen LogP contribution < -0.4 is 16.4 Å². The van der Waals surface area contributed by atoms with Crippen LogP contribution in [-0.4, -0.2) is 42.5 Å². The summed E-state index contributed by atoms with van der Waals surface area (Å²) in [7, 11) is 0. The van der Waals surface area contributed by atoms with Crippen LogP contribution in [0.2, 0.25) is 0 Å². The predicted octanol–water partition coefficient (Wildman–Crippen LogP) is 0.603. The van der Waals surface area contributed by atoms with Gasteiger partial charge in [-0.05, 0) is 6.92 Å². The lowest BCUT2D eigenvalue weighted by atomic mass is 10.3. The van der Waals surface area contributed by atoms with Crippen LogP contribution in [0.5, 0.6) is 0 Å². The number of hydrogen-bond donors (Lipinski definition) is 3. The Labute approximate surface area is 119 Å². The van der Waals surface area contributed by atoms with Gasteiger partial charge in [0.15, 0.2) is 16.6 Å². The van der Waals surface area contributed by atoms with Gasteiger partial charge in [-0.1, -0.05) is 11.3 Å². The topological polar surface area (TPSA) is 123 Å². The molecular formula is C11H16N4O4S. The fourth-order valence-electron chi connectivity index (χ4n) is 1.33. The fourth-order valence-corrected chi connectivity index (χ4v) is 2.20. The molecule has 1 heterocycles. The first-order valence-corrected chi connectivity index (χ1v) is 6.73. The van der Waals surface area contributed by atoms with Crippen molar-refractivity contribution in [1.82, 2.24) is 10.3 Å². The molecule has 0 atom stereocenters. The number of ether oxygens (including phenoxy) is 1. The van der Waals surface area contributed by atoms with E-state index in [-0.39, 0.29) is 23.0 Å². The standard InChI is InChI=1S/C11H16N4O4S/c1-3-19-9(17)7-8(6(2)16)20-11(15-7)14-5-4-13-10(12)18/h3-5H2,1-2H3,(H,14,15)(H3,12,13,18). The Bertz CT molecular complexity index is 515. The van der Waals surface area contributed by atoms with Crippen molar-refractivity contribution < 1.29 is 19.1 Å². The number of rotatable bonds is 7. The molecule has 2 amide bonds. The van der Waals surface area contributed by atoms with Crippen molar-refractivity contribution >= 4 is 34.3 Å². The number of aromatic nitrogens is 1. The van der Waals surface area contributed by atoms with Crippen molar-refractivity contribution in [3.63, 3.8) is 0 Å². The summed E-state index contributed by atoms with van der Waals surface area (Å²) in [5, 5.41) is 5.69. The maximum absolute atomic E-state index is 11.7. The zero-order valence-corrected chi connectivity index (χ0v) is 12.0. The number of nitrogens with one attached hydrogen (secondary N) is 2. The molecule has 20 heavy (non-hydrogen) atoms. The van der Waals surface area contributed by atoms with E-state index in [9.17, 15) is 14.4 Å². The van der Waals surface area contributed by atoms with Gasteiger partial charge in [-0.2, -0.15) is 0 Å². The maximum atomic E-state index is 11.7. The summed E-state index contributed by atoms with van der Waals surface area (Å²) in [4.78, 5) is 37.9. The van der Waals surface area contributed by atoms with Crippen LogP contribution in [0.3, 0.4) is 0 Å². The zero-order valence-electron chi connectivity index (χ0n) is 11.2. The minimum atomic E-state index is -0.628. The van der Waals surface area contributed by atoms with Crippen molar-refractivity contribution in [2.24, 2.45) is 5.73 Å². The van der Waals surface area contributed by atoms with Crippen LogP contribution in [0.1, 0.15) is 34.0 Å². The summed E-state index contributed by atoms with van der Waals surface area (Å²) >= 11 is 1.06. The molecule has 0 saturated carbocycles. The van der Waals surface area contributed by atoms with E-state index in [1.165, 1.54) is 6.92 Å². The van der Waals surface area contributed by atoms with E-state index in [1.54, 1.807) is 6.92 Å². The molecule has 0 fully saturated rings. The zero-order chi connectivity index (χ0) is 15.1. The van der Waals surface area contributed by atoms with Gasteiger partial charge in [-0.25, -0.2) is 14.6 Å². The van der Waals surface area contributed by atoms with Crippen LogP contribution in [0.4, 0.5) is 9.93 Å². The third kappa shape index (κ3) is 4.50. The van der Waals surface area contributed by atoms with E-state index < -0.39 is 12.0 Å². The molecule has 0 spiro atoms. The van der Waals surface area contributed by atoms with Crippen molar-refractivity contribution in [3.05, 3.63) is 10.6 Å². The Morgan fingerprint density at radius 2 is 2.05 bits per heavy atom. The van der Waals surface area contributed by atoms with Crippen molar-refractivity contribution in [3.8, 4) is 0 Å². The molecule has 0 radical (unpaired) electrons. The number of hydrogen-bond acceptors (Lipinski definition) is 7. The molecule has 0 unspecified atom stereocenters. The second-order valence-electron chi connectivity index (χ2n) is 3.69. The number of nitrogens with zero attached hydrogens (tertiary/aromatic N) is 1. The molecule has 1 aromatic heterocycles. The monoisotopic (exact) mass is 300 g/mol. The molecule has 0 saturated heterocycles. The number of thiazole rings is 1. The number of amides is 2. The third-order valence-corrected chi connectivity index (χ3v) is 3.23. The molecule has 110 valence electrons. The van der Waals surface area contributed by atoms with Gasteiger partial charge in [0.25, 0.3) is 0 Å². The minimum absolute atomic E-state index is 0.00899. The summed E-state index contributed by atoms with van der Waals surface area (Å²) in [6.07, 6.45) is 0. The van der Waals surface area contributed by atoms with Crippen molar-refractivity contribution in [2.45, 2.75) is 13.8 Å². The van der Waals surface area contributed by atoms with Crippen LogP contribution >= 0.6 is 11.3 Å². The van der Waals surface area contributed by atoms with Crippen LogP contribution in [-0.2, 0) is 4.74 Å². The molecule has 4 N–H and O–H groups in total. The van der Waals surface area contributed by atoms with Gasteiger partial charge < -0.3 is 21.1 Å². The van der Waals surface area contributed by atoms with E-state index in [1.807, 2.05) is 0 Å². The largest absolute Gasteiger partial charge is 0.461 e. The second kappa shape index (κ2) is 7.43. The first kappa shape index (κ1) is 15.9. The quantitative estimate of drug-likeness (QED) is 0.385. The van der Waals surface area contributed by atoms with Gasteiger partial charge in [0.2, 0.25) is 0 Å². The lowest BCUT2D eigenvalue weighted by Gasteiger charge is -2.02. The molecular weight excluding hydrogens is 284 g/mol. The number of primary amides is 1. The Balaban J connectivity index is 2.73. The van der Waals surface area contributed by atoms with Crippen LogP contribution in [0.25, 0.3) is 0 Å².